The number of rotatable bonds is 5. The molecule has 4 heteroatoms. The minimum absolute atomic E-state index is 0.239. The highest BCUT2D eigenvalue weighted by molar-refractivity contribution is 6.28. The molecule has 128 valence electrons. The van der Waals surface area contributed by atoms with Crippen LogP contribution in [-0.4, -0.2) is 16.7 Å². The van der Waals surface area contributed by atoms with Gasteiger partial charge in [0.05, 0.1) is 11.4 Å². The summed E-state index contributed by atoms with van der Waals surface area (Å²) in [5.41, 5.74) is 5.88. The van der Waals surface area contributed by atoms with Crippen LogP contribution < -0.4 is 0 Å². The number of hydrogen-bond donors (Lipinski definition) is 0. The molecule has 3 nitrogen and oxygen atoms in total. The summed E-state index contributed by atoms with van der Waals surface area (Å²) < 4.78 is 0. The van der Waals surface area contributed by atoms with E-state index < -0.39 is 0 Å². The van der Waals surface area contributed by atoms with Crippen molar-refractivity contribution < 1.29 is 0 Å². The van der Waals surface area contributed by atoms with Gasteiger partial charge in [0.25, 0.3) is 0 Å². The van der Waals surface area contributed by atoms with E-state index in [0.717, 1.165) is 33.7 Å². The summed E-state index contributed by atoms with van der Waals surface area (Å²) in [6.07, 6.45) is 5.52. The Kier molecular flexibility index (Phi) is 5.72. The average Bonchev–Trinajstić information content (AvgIpc) is 2.68. The van der Waals surface area contributed by atoms with Crippen LogP contribution >= 0.6 is 11.6 Å². The molecule has 0 bridgehead atoms. The third-order valence-electron chi connectivity index (χ3n) is 3.94. The van der Waals surface area contributed by atoms with Gasteiger partial charge in [-0.15, -0.1) is 0 Å². The molecule has 0 N–H and O–H groups in total. The normalized spacial score (nSPS) is 11.7. The Morgan fingerprint density at radius 1 is 0.962 bits per heavy atom. The molecule has 0 spiro atoms. The summed E-state index contributed by atoms with van der Waals surface area (Å²) in [5, 5.41) is 0.239. The third kappa shape index (κ3) is 4.32. The Labute approximate surface area is 158 Å². The Hall–Kier alpha value is -3.04. The van der Waals surface area contributed by atoms with Crippen LogP contribution in [0, 0.1) is 0 Å². The van der Waals surface area contributed by atoms with Crippen molar-refractivity contribution in [2.24, 2.45) is 4.99 Å². The number of halogens is 1. The second kappa shape index (κ2) is 8.37. The fraction of sp³-hybridized carbons (Fsp3) is 0.0455. The lowest BCUT2D eigenvalue weighted by atomic mass is 10.0. The predicted octanol–water partition coefficient (Wildman–Crippen LogP) is 6.08. The van der Waals surface area contributed by atoms with Gasteiger partial charge in [0.1, 0.15) is 0 Å². The largest absolute Gasteiger partial charge is 0.273 e. The summed E-state index contributed by atoms with van der Waals surface area (Å²) in [6, 6.07) is 20.1. The third-order valence-corrected chi connectivity index (χ3v) is 4.11. The topological polar surface area (TPSA) is 38.1 Å². The predicted molar refractivity (Wildman–Crippen MR) is 110 cm³/mol. The molecule has 26 heavy (non-hydrogen) atoms. The van der Waals surface area contributed by atoms with Gasteiger partial charge in [-0.3, -0.25) is 4.99 Å². The van der Waals surface area contributed by atoms with E-state index in [-0.39, 0.29) is 5.28 Å². The number of nitrogens with zero attached hydrogens (tertiary/aromatic N) is 3. The molecule has 2 aromatic carbocycles. The second-order valence-corrected chi connectivity index (χ2v) is 6.06. The molecule has 0 aliphatic heterocycles. The minimum atomic E-state index is 0.239. The zero-order chi connectivity index (χ0) is 18.4. The van der Waals surface area contributed by atoms with E-state index >= 15 is 0 Å². The van der Waals surface area contributed by atoms with E-state index in [4.69, 9.17) is 11.6 Å². The molecule has 0 atom stereocenters. The lowest BCUT2D eigenvalue weighted by Gasteiger charge is -2.07. The van der Waals surface area contributed by atoms with Gasteiger partial charge in [-0.05, 0) is 48.5 Å². The van der Waals surface area contributed by atoms with Crippen molar-refractivity contribution in [2.45, 2.75) is 6.92 Å². The van der Waals surface area contributed by atoms with Crippen molar-refractivity contribution in [3.63, 3.8) is 0 Å². The van der Waals surface area contributed by atoms with E-state index in [0.29, 0.717) is 0 Å². The first-order valence-corrected chi connectivity index (χ1v) is 8.55. The maximum Gasteiger partial charge on any atom is 0.223 e. The minimum Gasteiger partial charge on any atom is -0.273 e. The van der Waals surface area contributed by atoms with Gasteiger partial charge in [0, 0.05) is 17.3 Å². The molecular formula is C22H18ClN3. The van der Waals surface area contributed by atoms with Gasteiger partial charge < -0.3 is 0 Å². The number of allylic oxidation sites excluding steroid dienone is 3. The van der Waals surface area contributed by atoms with Crippen molar-refractivity contribution in [1.29, 1.82) is 0 Å². The van der Waals surface area contributed by atoms with Gasteiger partial charge in [0.15, 0.2) is 0 Å². The van der Waals surface area contributed by atoms with Crippen LogP contribution in [0.25, 0.3) is 28.1 Å². The number of aliphatic imine (C=N–C) groups is 1. The van der Waals surface area contributed by atoms with Crippen LogP contribution in [0.3, 0.4) is 0 Å². The van der Waals surface area contributed by atoms with E-state index in [2.05, 4.69) is 40.7 Å². The SMILES string of the molecule is C=N/C=C\C=C(/C)c1ccc(-c2cc(-c3ccccc3)nc(Cl)n2)cc1. The van der Waals surface area contributed by atoms with E-state index in [9.17, 15) is 0 Å². The highest BCUT2D eigenvalue weighted by Crippen LogP contribution is 2.26. The number of benzene rings is 2. The van der Waals surface area contributed by atoms with Crippen LogP contribution in [0.15, 0.2) is 84.0 Å². The lowest BCUT2D eigenvalue weighted by Crippen LogP contribution is -1.92. The Balaban J connectivity index is 1.92. The fourth-order valence-corrected chi connectivity index (χ4v) is 2.75. The van der Waals surface area contributed by atoms with Gasteiger partial charge in [-0.2, -0.15) is 0 Å². The van der Waals surface area contributed by atoms with E-state index in [1.165, 1.54) is 0 Å². The maximum atomic E-state index is 6.15. The first kappa shape index (κ1) is 17.8. The van der Waals surface area contributed by atoms with Crippen molar-refractivity contribution in [3.8, 4) is 22.5 Å². The van der Waals surface area contributed by atoms with Crippen LogP contribution in [-0.2, 0) is 0 Å². The van der Waals surface area contributed by atoms with Crippen LogP contribution in [0.4, 0.5) is 0 Å². The molecule has 1 aromatic heterocycles. The molecular weight excluding hydrogens is 342 g/mol. The fourth-order valence-electron chi connectivity index (χ4n) is 2.57. The first-order valence-electron chi connectivity index (χ1n) is 8.17. The van der Waals surface area contributed by atoms with Gasteiger partial charge in [-0.25, -0.2) is 9.97 Å². The van der Waals surface area contributed by atoms with Crippen LogP contribution in [0.1, 0.15) is 12.5 Å². The summed E-state index contributed by atoms with van der Waals surface area (Å²) in [7, 11) is 0. The highest BCUT2D eigenvalue weighted by Gasteiger charge is 2.07. The molecule has 0 saturated carbocycles. The molecule has 0 unspecified atom stereocenters. The molecule has 0 saturated heterocycles. The van der Waals surface area contributed by atoms with Crippen LogP contribution in [0.2, 0.25) is 5.28 Å². The Bertz CT molecular complexity index is 958. The highest BCUT2D eigenvalue weighted by atomic mass is 35.5. The standard InChI is InChI=1S/C22H18ClN3/c1-16(7-6-14-24-2)17-10-12-19(13-11-17)21-15-20(25-22(23)26-21)18-8-4-3-5-9-18/h3-15H,2H2,1H3/b14-6-,16-7+. The quantitative estimate of drug-likeness (QED) is 0.314. The molecule has 0 aliphatic rings. The zero-order valence-electron chi connectivity index (χ0n) is 14.4. The van der Waals surface area contributed by atoms with Crippen molar-refractivity contribution in [2.75, 3.05) is 0 Å². The summed E-state index contributed by atoms with van der Waals surface area (Å²) >= 11 is 6.15. The smallest absolute Gasteiger partial charge is 0.223 e. The molecule has 3 aromatic rings. The molecule has 0 aliphatic carbocycles. The summed E-state index contributed by atoms with van der Waals surface area (Å²) in [4.78, 5) is 12.4. The molecule has 1 heterocycles. The number of hydrogen-bond acceptors (Lipinski definition) is 3. The van der Waals surface area contributed by atoms with Crippen molar-refractivity contribution in [3.05, 3.63) is 89.9 Å². The molecule has 0 fully saturated rings. The van der Waals surface area contributed by atoms with E-state index in [1.54, 1.807) is 6.20 Å². The lowest BCUT2D eigenvalue weighted by molar-refractivity contribution is 1.18. The van der Waals surface area contributed by atoms with E-state index in [1.807, 2.05) is 60.7 Å². The first-order chi connectivity index (χ1) is 12.7. The van der Waals surface area contributed by atoms with Crippen LogP contribution in [0.5, 0.6) is 0 Å². The molecule has 0 radical (unpaired) electrons. The van der Waals surface area contributed by atoms with Crippen molar-refractivity contribution >= 4 is 23.9 Å². The summed E-state index contributed by atoms with van der Waals surface area (Å²) in [5.74, 6) is 0. The van der Waals surface area contributed by atoms with Gasteiger partial charge >= 0.3 is 0 Å². The van der Waals surface area contributed by atoms with Crippen molar-refractivity contribution in [1.82, 2.24) is 9.97 Å². The van der Waals surface area contributed by atoms with Gasteiger partial charge in [-0.1, -0.05) is 60.7 Å². The zero-order valence-corrected chi connectivity index (χ0v) is 15.2. The maximum absolute atomic E-state index is 6.15. The monoisotopic (exact) mass is 359 g/mol. The molecule has 3 rings (SSSR count). The average molecular weight is 360 g/mol. The Morgan fingerprint density at radius 3 is 2.19 bits per heavy atom. The molecule has 0 amide bonds. The number of aromatic nitrogens is 2. The second-order valence-electron chi connectivity index (χ2n) is 5.72. The summed E-state index contributed by atoms with van der Waals surface area (Å²) in [6.45, 7) is 5.48. The Morgan fingerprint density at radius 2 is 1.58 bits per heavy atom. The van der Waals surface area contributed by atoms with Gasteiger partial charge in [0.2, 0.25) is 5.28 Å².